The molecule has 1 aromatic carbocycles. The topological polar surface area (TPSA) is 81.4 Å². The SMILES string of the molecule is CC(COC(=O)Cc1ccccc1)NC(=O)CN. The van der Waals surface area contributed by atoms with Gasteiger partial charge >= 0.3 is 5.97 Å². The zero-order valence-corrected chi connectivity index (χ0v) is 10.4. The number of ether oxygens (including phenoxy) is 1. The van der Waals surface area contributed by atoms with Crippen LogP contribution in [0.1, 0.15) is 12.5 Å². The molecule has 1 atom stereocenters. The quantitative estimate of drug-likeness (QED) is 0.708. The number of nitrogens with two attached hydrogens (primary N) is 1. The van der Waals surface area contributed by atoms with Crippen LogP contribution in [-0.2, 0) is 20.7 Å². The number of hydrogen-bond acceptors (Lipinski definition) is 4. The molecule has 1 unspecified atom stereocenters. The molecule has 5 nitrogen and oxygen atoms in total. The number of benzene rings is 1. The van der Waals surface area contributed by atoms with Crippen LogP contribution in [0.15, 0.2) is 30.3 Å². The molecule has 0 bridgehead atoms. The Morgan fingerprint density at radius 2 is 2.00 bits per heavy atom. The lowest BCUT2D eigenvalue weighted by atomic mass is 10.2. The lowest BCUT2D eigenvalue weighted by molar-refractivity contribution is -0.144. The van der Waals surface area contributed by atoms with Gasteiger partial charge in [0.05, 0.1) is 19.0 Å². The summed E-state index contributed by atoms with van der Waals surface area (Å²) in [5, 5.41) is 2.61. The van der Waals surface area contributed by atoms with Crippen molar-refractivity contribution < 1.29 is 14.3 Å². The highest BCUT2D eigenvalue weighted by Gasteiger charge is 2.09. The fraction of sp³-hybridized carbons (Fsp3) is 0.385. The van der Waals surface area contributed by atoms with Crippen LogP contribution in [0.5, 0.6) is 0 Å². The molecule has 1 amide bonds. The predicted octanol–water partition coefficient (Wildman–Crippen LogP) is 0.236. The van der Waals surface area contributed by atoms with Gasteiger partial charge in [-0.3, -0.25) is 9.59 Å². The zero-order valence-electron chi connectivity index (χ0n) is 10.4. The number of carbonyl (C=O) groups is 2. The van der Waals surface area contributed by atoms with E-state index in [2.05, 4.69) is 5.32 Å². The summed E-state index contributed by atoms with van der Waals surface area (Å²) in [6.07, 6.45) is 0.235. The van der Waals surface area contributed by atoms with Gasteiger partial charge in [-0.1, -0.05) is 30.3 Å². The molecule has 0 aromatic heterocycles. The van der Waals surface area contributed by atoms with Crippen molar-refractivity contribution in [3.63, 3.8) is 0 Å². The zero-order chi connectivity index (χ0) is 13.4. The molecule has 3 N–H and O–H groups in total. The number of rotatable bonds is 6. The van der Waals surface area contributed by atoms with Gasteiger partial charge in [0.25, 0.3) is 0 Å². The molecule has 0 aliphatic rings. The Morgan fingerprint density at radius 1 is 1.33 bits per heavy atom. The van der Waals surface area contributed by atoms with E-state index in [4.69, 9.17) is 10.5 Å². The molecular formula is C13H18N2O3. The third kappa shape index (κ3) is 5.45. The van der Waals surface area contributed by atoms with Crippen LogP contribution in [0, 0.1) is 0 Å². The van der Waals surface area contributed by atoms with Gasteiger partial charge in [0.2, 0.25) is 5.91 Å². The van der Waals surface area contributed by atoms with Crippen molar-refractivity contribution in [2.24, 2.45) is 5.73 Å². The van der Waals surface area contributed by atoms with Gasteiger partial charge in [-0.05, 0) is 12.5 Å². The van der Waals surface area contributed by atoms with Crippen LogP contribution < -0.4 is 11.1 Å². The summed E-state index contributed by atoms with van der Waals surface area (Å²) in [7, 11) is 0. The van der Waals surface area contributed by atoms with Gasteiger partial charge in [0.1, 0.15) is 6.61 Å². The molecule has 18 heavy (non-hydrogen) atoms. The van der Waals surface area contributed by atoms with E-state index >= 15 is 0 Å². The average Bonchev–Trinajstić information content (AvgIpc) is 2.37. The Morgan fingerprint density at radius 3 is 2.61 bits per heavy atom. The first kappa shape index (κ1) is 14.2. The summed E-state index contributed by atoms with van der Waals surface area (Å²) >= 11 is 0. The summed E-state index contributed by atoms with van der Waals surface area (Å²) in [4.78, 5) is 22.5. The van der Waals surface area contributed by atoms with E-state index in [1.165, 1.54) is 0 Å². The number of hydrogen-bond donors (Lipinski definition) is 2. The molecule has 0 fully saturated rings. The van der Waals surface area contributed by atoms with Gasteiger partial charge in [-0.25, -0.2) is 0 Å². The summed E-state index contributed by atoms with van der Waals surface area (Å²) < 4.78 is 5.06. The Kier molecular flexibility index (Phi) is 5.87. The van der Waals surface area contributed by atoms with E-state index in [1.807, 2.05) is 30.3 Å². The summed E-state index contributed by atoms with van der Waals surface area (Å²) in [5.41, 5.74) is 6.06. The third-order valence-corrected chi connectivity index (χ3v) is 2.28. The first-order valence-electron chi connectivity index (χ1n) is 5.80. The van der Waals surface area contributed by atoms with Crippen LogP contribution in [0.3, 0.4) is 0 Å². The van der Waals surface area contributed by atoms with Crippen LogP contribution >= 0.6 is 0 Å². The normalized spacial score (nSPS) is 11.7. The standard InChI is InChI=1S/C13H18N2O3/c1-10(15-12(16)8-14)9-18-13(17)7-11-5-3-2-4-6-11/h2-6,10H,7-9,14H2,1H3,(H,15,16). The number of amides is 1. The van der Waals surface area contributed by atoms with Crippen LogP contribution in [0.2, 0.25) is 0 Å². The lowest BCUT2D eigenvalue weighted by Gasteiger charge is -2.13. The van der Waals surface area contributed by atoms with Crippen molar-refractivity contribution in [2.45, 2.75) is 19.4 Å². The van der Waals surface area contributed by atoms with Crippen LogP contribution in [0.4, 0.5) is 0 Å². The Balaban J connectivity index is 2.27. The van der Waals surface area contributed by atoms with E-state index in [1.54, 1.807) is 6.92 Å². The van der Waals surface area contributed by atoms with E-state index in [-0.39, 0.29) is 37.5 Å². The van der Waals surface area contributed by atoms with E-state index in [0.717, 1.165) is 5.56 Å². The lowest BCUT2D eigenvalue weighted by Crippen LogP contribution is -2.40. The largest absolute Gasteiger partial charge is 0.463 e. The first-order valence-corrected chi connectivity index (χ1v) is 5.80. The highest BCUT2D eigenvalue weighted by Crippen LogP contribution is 2.01. The molecule has 0 aliphatic heterocycles. The van der Waals surface area contributed by atoms with Crippen LogP contribution in [-0.4, -0.2) is 31.1 Å². The third-order valence-electron chi connectivity index (χ3n) is 2.28. The maximum absolute atomic E-state index is 11.5. The summed E-state index contributed by atoms with van der Waals surface area (Å²) in [5.74, 6) is -0.573. The first-order chi connectivity index (χ1) is 8.61. The molecule has 98 valence electrons. The molecule has 0 spiro atoms. The van der Waals surface area contributed by atoms with E-state index in [0.29, 0.717) is 0 Å². The maximum atomic E-state index is 11.5. The molecule has 0 radical (unpaired) electrons. The van der Waals surface area contributed by atoms with Crippen molar-refractivity contribution in [3.8, 4) is 0 Å². The highest BCUT2D eigenvalue weighted by molar-refractivity contribution is 5.78. The highest BCUT2D eigenvalue weighted by atomic mass is 16.5. The second-order valence-electron chi connectivity index (χ2n) is 4.02. The van der Waals surface area contributed by atoms with Gasteiger partial charge in [0, 0.05) is 0 Å². The molecule has 0 saturated carbocycles. The average molecular weight is 250 g/mol. The van der Waals surface area contributed by atoms with Crippen molar-refractivity contribution >= 4 is 11.9 Å². The van der Waals surface area contributed by atoms with E-state index in [9.17, 15) is 9.59 Å². The molecular weight excluding hydrogens is 232 g/mol. The van der Waals surface area contributed by atoms with Crippen molar-refractivity contribution in [2.75, 3.05) is 13.2 Å². The van der Waals surface area contributed by atoms with Gasteiger partial charge in [-0.15, -0.1) is 0 Å². The van der Waals surface area contributed by atoms with Gasteiger partial charge in [0.15, 0.2) is 0 Å². The van der Waals surface area contributed by atoms with Gasteiger partial charge < -0.3 is 15.8 Å². The fourth-order valence-electron chi connectivity index (χ4n) is 1.41. The monoisotopic (exact) mass is 250 g/mol. The second-order valence-corrected chi connectivity index (χ2v) is 4.02. The Labute approximate surface area is 106 Å². The van der Waals surface area contributed by atoms with Crippen molar-refractivity contribution in [1.29, 1.82) is 0 Å². The number of nitrogens with one attached hydrogen (secondary N) is 1. The molecule has 0 heterocycles. The summed E-state index contributed by atoms with van der Waals surface area (Å²) in [6, 6.07) is 9.11. The molecule has 0 aliphatic carbocycles. The summed E-state index contributed by atoms with van der Waals surface area (Å²) in [6.45, 7) is 1.84. The van der Waals surface area contributed by atoms with Crippen molar-refractivity contribution in [1.82, 2.24) is 5.32 Å². The second kappa shape index (κ2) is 7.45. The minimum Gasteiger partial charge on any atom is -0.463 e. The predicted molar refractivity (Wildman–Crippen MR) is 67.8 cm³/mol. The van der Waals surface area contributed by atoms with Crippen LogP contribution in [0.25, 0.3) is 0 Å². The minimum absolute atomic E-state index is 0.0672. The Hall–Kier alpha value is -1.88. The molecule has 0 saturated heterocycles. The Bertz CT molecular complexity index is 392. The maximum Gasteiger partial charge on any atom is 0.310 e. The molecule has 1 aromatic rings. The minimum atomic E-state index is -0.310. The number of carbonyl (C=O) groups excluding carboxylic acids is 2. The van der Waals surface area contributed by atoms with Gasteiger partial charge in [-0.2, -0.15) is 0 Å². The van der Waals surface area contributed by atoms with Crippen molar-refractivity contribution in [3.05, 3.63) is 35.9 Å². The molecule has 5 heteroatoms. The number of esters is 1. The molecule has 1 rings (SSSR count). The smallest absolute Gasteiger partial charge is 0.310 e. The fourth-order valence-corrected chi connectivity index (χ4v) is 1.41. The van der Waals surface area contributed by atoms with E-state index < -0.39 is 0 Å².